The van der Waals surface area contributed by atoms with E-state index in [4.69, 9.17) is 25.2 Å². The van der Waals surface area contributed by atoms with Crippen molar-refractivity contribution in [2.75, 3.05) is 69.3 Å². The largest absolute Gasteiger partial charge is 0.493 e. The highest BCUT2D eigenvalue weighted by Gasteiger charge is 2.25. The van der Waals surface area contributed by atoms with Crippen molar-refractivity contribution >= 4 is 22.7 Å². The van der Waals surface area contributed by atoms with Crippen LogP contribution in [-0.2, 0) is 0 Å². The van der Waals surface area contributed by atoms with Crippen LogP contribution in [0.4, 0.5) is 11.8 Å². The average Bonchev–Trinajstić information content (AvgIpc) is 3.41. The van der Waals surface area contributed by atoms with Gasteiger partial charge in [0.1, 0.15) is 5.82 Å². The standard InChI is InChI=1S/C26H40N6O2/c1-33-23-17-21-22(18-24(23)34-16-8-12-30-10-3-2-4-11-30)28-26(31-13-5-6-14-31)29-25(21)32-15-7-9-20(27)19-32/h17-18,20H,2-16,19,27H2,1H3. The van der Waals surface area contributed by atoms with Gasteiger partial charge in [-0.25, -0.2) is 4.98 Å². The van der Waals surface area contributed by atoms with Crippen LogP contribution >= 0.6 is 0 Å². The van der Waals surface area contributed by atoms with Crippen molar-refractivity contribution in [2.24, 2.45) is 5.73 Å². The van der Waals surface area contributed by atoms with Crippen molar-refractivity contribution in [1.29, 1.82) is 0 Å². The second kappa shape index (κ2) is 11.0. The molecule has 0 aliphatic carbocycles. The molecule has 0 amide bonds. The van der Waals surface area contributed by atoms with Crippen LogP contribution in [0.3, 0.4) is 0 Å². The van der Waals surface area contributed by atoms with Crippen molar-refractivity contribution in [1.82, 2.24) is 14.9 Å². The fourth-order valence-corrected chi connectivity index (χ4v) is 5.54. The monoisotopic (exact) mass is 468 g/mol. The highest BCUT2D eigenvalue weighted by molar-refractivity contribution is 5.93. The van der Waals surface area contributed by atoms with Gasteiger partial charge in [-0.15, -0.1) is 0 Å². The predicted octanol–water partition coefficient (Wildman–Crippen LogP) is 3.42. The predicted molar refractivity (Wildman–Crippen MR) is 137 cm³/mol. The number of benzene rings is 1. The van der Waals surface area contributed by atoms with Gasteiger partial charge in [0.25, 0.3) is 0 Å². The number of rotatable bonds is 8. The quantitative estimate of drug-likeness (QED) is 0.591. The molecule has 8 nitrogen and oxygen atoms in total. The van der Waals surface area contributed by atoms with E-state index in [1.54, 1.807) is 7.11 Å². The molecule has 0 saturated carbocycles. The molecule has 1 atom stereocenters. The van der Waals surface area contributed by atoms with E-state index < -0.39 is 0 Å². The maximum absolute atomic E-state index is 6.33. The van der Waals surface area contributed by atoms with Gasteiger partial charge in [0, 0.05) is 50.2 Å². The van der Waals surface area contributed by atoms with Crippen molar-refractivity contribution in [3.05, 3.63) is 12.1 Å². The fraction of sp³-hybridized carbons (Fsp3) is 0.692. The molecule has 8 heteroatoms. The normalized spacial score (nSPS) is 21.9. The molecule has 34 heavy (non-hydrogen) atoms. The Labute approximate surface area is 203 Å². The first-order valence-corrected chi connectivity index (χ1v) is 13.2. The molecule has 3 saturated heterocycles. The summed E-state index contributed by atoms with van der Waals surface area (Å²) in [6.07, 6.45) is 9.57. The van der Waals surface area contributed by atoms with Crippen LogP contribution < -0.4 is 25.0 Å². The first-order valence-electron chi connectivity index (χ1n) is 13.2. The number of fused-ring (bicyclic) bond motifs is 1. The molecular weight excluding hydrogens is 428 g/mol. The molecule has 5 rings (SSSR count). The second-order valence-corrected chi connectivity index (χ2v) is 10.0. The van der Waals surface area contributed by atoms with Gasteiger partial charge in [0.15, 0.2) is 11.5 Å². The van der Waals surface area contributed by atoms with Gasteiger partial charge >= 0.3 is 0 Å². The van der Waals surface area contributed by atoms with Crippen LogP contribution in [0.25, 0.3) is 10.9 Å². The van der Waals surface area contributed by atoms with Crippen LogP contribution in [0.5, 0.6) is 11.5 Å². The number of ether oxygens (including phenoxy) is 2. The SMILES string of the molecule is COc1cc2c(N3CCCC(N)C3)nc(N3CCCC3)nc2cc1OCCCN1CCCCC1. The zero-order valence-corrected chi connectivity index (χ0v) is 20.7. The fourth-order valence-electron chi connectivity index (χ4n) is 5.54. The number of nitrogens with zero attached hydrogens (tertiary/aromatic N) is 5. The summed E-state index contributed by atoms with van der Waals surface area (Å²) in [7, 11) is 1.71. The molecule has 1 aromatic heterocycles. The zero-order valence-electron chi connectivity index (χ0n) is 20.7. The summed E-state index contributed by atoms with van der Waals surface area (Å²) in [6.45, 7) is 8.03. The van der Waals surface area contributed by atoms with E-state index in [0.717, 1.165) is 86.2 Å². The molecule has 2 aromatic rings. The first-order chi connectivity index (χ1) is 16.7. The van der Waals surface area contributed by atoms with E-state index >= 15 is 0 Å². The Balaban J connectivity index is 1.40. The van der Waals surface area contributed by atoms with Crippen molar-refractivity contribution in [2.45, 2.75) is 57.4 Å². The van der Waals surface area contributed by atoms with Crippen molar-refractivity contribution in [3.63, 3.8) is 0 Å². The van der Waals surface area contributed by atoms with Crippen LogP contribution in [0.15, 0.2) is 12.1 Å². The third-order valence-corrected chi connectivity index (χ3v) is 7.42. The third kappa shape index (κ3) is 5.33. The summed E-state index contributed by atoms with van der Waals surface area (Å²) in [4.78, 5) is 17.2. The summed E-state index contributed by atoms with van der Waals surface area (Å²) in [5.74, 6) is 3.30. The Morgan fingerprint density at radius 3 is 2.44 bits per heavy atom. The van der Waals surface area contributed by atoms with E-state index in [9.17, 15) is 0 Å². The topological polar surface area (TPSA) is 80.0 Å². The number of aromatic nitrogens is 2. The van der Waals surface area contributed by atoms with Gasteiger partial charge in [-0.05, 0) is 64.1 Å². The Hall–Kier alpha value is -2.32. The van der Waals surface area contributed by atoms with E-state index in [2.05, 4.69) is 20.8 Å². The minimum atomic E-state index is 0.179. The van der Waals surface area contributed by atoms with Crippen LogP contribution in [0.2, 0.25) is 0 Å². The van der Waals surface area contributed by atoms with E-state index in [1.165, 1.54) is 45.2 Å². The molecule has 1 unspecified atom stereocenters. The molecule has 4 heterocycles. The molecule has 0 spiro atoms. The lowest BCUT2D eigenvalue weighted by Crippen LogP contribution is -2.43. The maximum Gasteiger partial charge on any atom is 0.227 e. The molecular formula is C26H40N6O2. The molecule has 1 aromatic carbocycles. The molecule has 2 N–H and O–H groups in total. The van der Waals surface area contributed by atoms with Crippen molar-refractivity contribution in [3.8, 4) is 11.5 Å². The number of piperidine rings is 2. The van der Waals surface area contributed by atoms with Gasteiger partial charge in [0.05, 0.1) is 19.2 Å². The molecule has 3 aliphatic rings. The zero-order chi connectivity index (χ0) is 23.3. The average molecular weight is 469 g/mol. The lowest BCUT2D eigenvalue weighted by molar-refractivity contribution is 0.203. The minimum Gasteiger partial charge on any atom is -0.493 e. The summed E-state index contributed by atoms with van der Waals surface area (Å²) in [6, 6.07) is 4.28. The van der Waals surface area contributed by atoms with Gasteiger partial charge in [-0.1, -0.05) is 6.42 Å². The summed E-state index contributed by atoms with van der Waals surface area (Å²) < 4.78 is 12.0. The Kier molecular flexibility index (Phi) is 7.54. The molecule has 3 fully saturated rings. The number of anilines is 2. The molecule has 0 bridgehead atoms. The highest BCUT2D eigenvalue weighted by atomic mass is 16.5. The van der Waals surface area contributed by atoms with Crippen molar-refractivity contribution < 1.29 is 9.47 Å². The van der Waals surface area contributed by atoms with Gasteiger partial charge < -0.3 is 29.9 Å². The number of nitrogens with two attached hydrogens (primary N) is 1. The summed E-state index contributed by atoms with van der Waals surface area (Å²) in [5.41, 5.74) is 7.24. The second-order valence-electron chi connectivity index (χ2n) is 10.0. The Bertz CT molecular complexity index is 958. The van der Waals surface area contributed by atoms with Gasteiger partial charge in [-0.2, -0.15) is 4.98 Å². The van der Waals surface area contributed by atoms with E-state index in [0.29, 0.717) is 6.61 Å². The van der Waals surface area contributed by atoms with Gasteiger partial charge in [-0.3, -0.25) is 0 Å². The number of methoxy groups -OCH3 is 1. The number of hydrogen-bond acceptors (Lipinski definition) is 8. The van der Waals surface area contributed by atoms with Crippen LogP contribution in [-0.4, -0.2) is 80.4 Å². The lowest BCUT2D eigenvalue weighted by Gasteiger charge is -2.33. The van der Waals surface area contributed by atoms with E-state index in [-0.39, 0.29) is 6.04 Å². The summed E-state index contributed by atoms with van der Waals surface area (Å²) in [5, 5.41) is 1.01. The van der Waals surface area contributed by atoms with Crippen LogP contribution in [0.1, 0.15) is 51.4 Å². The van der Waals surface area contributed by atoms with Gasteiger partial charge in [0.2, 0.25) is 5.95 Å². The molecule has 3 aliphatic heterocycles. The Morgan fingerprint density at radius 1 is 0.912 bits per heavy atom. The Morgan fingerprint density at radius 2 is 1.68 bits per heavy atom. The molecule has 186 valence electrons. The minimum absolute atomic E-state index is 0.179. The highest BCUT2D eigenvalue weighted by Crippen LogP contribution is 2.37. The first kappa shape index (κ1) is 23.4. The molecule has 0 radical (unpaired) electrons. The van der Waals surface area contributed by atoms with E-state index in [1.807, 2.05) is 6.07 Å². The lowest BCUT2D eigenvalue weighted by atomic mass is 10.1. The number of hydrogen-bond donors (Lipinski definition) is 1. The van der Waals surface area contributed by atoms with Crippen LogP contribution in [0, 0.1) is 0 Å². The smallest absolute Gasteiger partial charge is 0.227 e. The maximum atomic E-state index is 6.33. The third-order valence-electron chi connectivity index (χ3n) is 7.42. The number of likely N-dealkylation sites (tertiary alicyclic amines) is 1. The summed E-state index contributed by atoms with van der Waals surface area (Å²) >= 11 is 0.